The molecule has 0 atom stereocenters. The molecular weight excluding hydrogens is 336 g/mol. The van der Waals surface area contributed by atoms with Gasteiger partial charge in [-0.05, 0) is 57.0 Å². The zero-order valence-corrected chi connectivity index (χ0v) is 15.3. The van der Waals surface area contributed by atoms with Crippen LogP contribution in [-0.4, -0.2) is 20.9 Å². The van der Waals surface area contributed by atoms with Gasteiger partial charge in [0.2, 0.25) is 0 Å². The van der Waals surface area contributed by atoms with Crippen molar-refractivity contribution in [3.63, 3.8) is 0 Å². The molecule has 1 aromatic heterocycles. The normalized spacial score (nSPS) is 10.8. The van der Waals surface area contributed by atoms with E-state index in [-0.39, 0.29) is 5.91 Å². The maximum atomic E-state index is 12.6. The van der Waals surface area contributed by atoms with Crippen molar-refractivity contribution in [2.75, 3.05) is 5.32 Å². The monoisotopic (exact) mass is 354 g/mol. The molecule has 0 unspecified atom stereocenters. The summed E-state index contributed by atoms with van der Waals surface area (Å²) in [5.41, 5.74) is 5.62. The Hall–Kier alpha value is -2.66. The number of rotatable bonds is 3. The van der Waals surface area contributed by atoms with E-state index < -0.39 is 0 Å². The molecule has 0 spiro atoms. The van der Waals surface area contributed by atoms with Gasteiger partial charge in [-0.2, -0.15) is 0 Å². The van der Waals surface area contributed by atoms with Crippen molar-refractivity contribution in [1.82, 2.24) is 15.0 Å². The topological polar surface area (TPSA) is 59.8 Å². The van der Waals surface area contributed by atoms with Crippen LogP contribution in [0.1, 0.15) is 32.9 Å². The van der Waals surface area contributed by atoms with Crippen molar-refractivity contribution in [3.05, 3.63) is 69.5 Å². The average Bonchev–Trinajstić information content (AvgIpc) is 2.93. The first-order valence-electron chi connectivity index (χ1n) is 7.95. The van der Waals surface area contributed by atoms with Gasteiger partial charge in [0.15, 0.2) is 5.69 Å². The van der Waals surface area contributed by atoms with Crippen molar-refractivity contribution in [2.45, 2.75) is 27.7 Å². The fourth-order valence-corrected chi connectivity index (χ4v) is 2.91. The standard InChI is InChI=1S/C19H19ClN4O/c1-11-8-9-17(12(2)10-11)24-14(4)18(22-23-24)19(25)21-16-7-5-6-15(20)13(16)3/h5-10H,1-4H3,(H,21,25). The van der Waals surface area contributed by atoms with E-state index in [0.29, 0.717) is 22.1 Å². The quantitative estimate of drug-likeness (QED) is 0.758. The van der Waals surface area contributed by atoms with E-state index in [1.807, 2.05) is 45.9 Å². The SMILES string of the molecule is Cc1ccc(-n2nnc(C(=O)Nc3cccc(Cl)c3C)c2C)c(C)c1. The lowest BCUT2D eigenvalue weighted by atomic mass is 10.1. The van der Waals surface area contributed by atoms with Crippen LogP contribution in [0.15, 0.2) is 36.4 Å². The molecular formula is C19H19ClN4O. The molecule has 0 aliphatic heterocycles. The van der Waals surface area contributed by atoms with Crippen molar-refractivity contribution in [1.29, 1.82) is 0 Å². The second kappa shape index (κ2) is 6.69. The van der Waals surface area contributed by atoms with E-state index in [9.17, 15) is 4.79 Å². The van der Waals surface area contributed by atoms with Gasteiger partial charge in [0, 0.05) is 10.7 Å². The van der Waals surface area contributed by atoms with Crippen LogP contribution in [0.5, 0.6) is 0 Å². The van der Waals surface area contributed by atoms with E-state index in [1.165, 1.54) is 5.56 Å². The van der Waals surface area contributed by atoms with E-state index in [0.717, 1.165) is 16.8 Å². The second-order valence-electron chi connectivity index (χ2n) is 6.09. The molecule has 0 saturated carbocycles. The van der Waals surface area contributed by atoms with Crippen LogP contribution in [0.2, 0.25) is 5.02 Å². The molecule has 0 aliphatic rings. The number of hydrogen-bond acceptors (Lipinski definition) is 3. The number of nitrogens with zero attached hydrogens (tertiary/aromatic N) is 3. The highest BCUT2D eigenvalue weighted by atomic mass is 35.5. The Balaban J connectivity index is 1.93. The highest BCUT2D eigenvalue weighted by Crippen LogP contribution is 2.24. The number of benzene rings is 2. The predicted octanol–water partition coefficient (Wildman–Crippen LogP) is 4.41. The Morgan fingerprint density at radius 2 is 1.88 bits per heavy atom. The molecule has 1 N–H and O–H groups in total. The first kappa shape index (κ1) is 17.2. The summed E-state index contributed by atoms with van der Waals surface area (Å²) in [6.07, 6.45) is 0. The molecule has 0 fully saturated rings. The number of anilines is 1. The van der Waals surface area contributed by atoms with Crippen LogP contribution in [0.25, 0.3) is 5.69 Å². The summed E-state index contributed by atoms with van der Waals surface area (Å²) in [6, 6.07) is 11.5. The fraction of sp³-hybridized carbons (Fsp3) is 0.211. The van der Waals surface area contributed by atoms with E-state index >= 15 is 0 Å². The number of carbonyl (C=O) groups excluding carboxylic acids is 1. The van der Waals surface area contributed by atoms with Gasteiger partial charge < -0.3 is 5.32 Å². The zero-order valence-electron chi connectivity index (χ0n) is 14.6. The van der Waals surface area contributed by atoms with Gasteiger partial charge in [-0.1, -0.05) is 40.6 Å². The molecule has 6 heteroatoms. The van der Waals surface area contributed by atoms with Crippen LogP contribution in [0, 0.1) is 27.7 Å². The predicted molar refractivity (Wildman–Crippen MR) is 99.7 cm³/mol. The average molecular weight is 355 g/mol. The van der Waals surface area contributed by atoms with Gasteiger partial charge in [0.05, 0.1) is 11.4 Å². The van der Waals surface area contributed by atoms with Crippen LogP contribution in [-0.2, 0) is 0 Å². The summed E-state index contributed by atoms with van der Waals surface area (Å²) in [6.45, 7) is 7.74. The Kier molecular flexibility index (Phi) is 4.59. The summed E-state index contributed by atoms with van der Waals surface area (Å²) >= 11 is 6.11. The molecule has 5 nitrogen and oxygen atoms in total. The number of aryl methyl sites for hydroxylation is 2. The van der Waals surface area contributed by atoms with Crippen molar-refractivity contribution < 1.29 is 4.79 Å². The Morgan fingerprint density at radius 1 is 1.12 bits per heavy atom. The molecule has 25 heavy (non-hydrogen) atoms. The molecule has 1 amide bonds. The number of carbonyl (C=O) groups is 1. The van der Waals surface area contributed by atoms with E-state index in [2.05, 4.69) is 21.7 Å². The minimum Gasteiger partial charge on any atom is -0.320 e. The Morgan fingerprint density at radius 3 is 2.60 bits per heavy atom. The van der Waals surface area contributed by atoms with Gasteiger partial charge in [-0.15, -0.1) is 5.10 Å². The molecule has 128 valence electrons. The molecule has 0 radical (unpaired) electrons. The Labute approximate surface area is 151 Å². The highest BCUT2D eigenvalue weighted by Gasteiger charge is 2.19. The number of aromatic nitrogens is 3. The molecule has 0 saturated heterocycles. The summed E-state index contributed by atoms with van der Waals surface area (Å²) in [5, 5.41) is 11.7. The summed E-state index contributed by atoms with van der Waals surface area (Å²) in [5.74, 6) is -0.307. The maximum absolute atomic E-state index is 12.6. The number of halogens is 1. The fourth-order valence-electron chi connectivity index (χ4n) is 2.74. The maximum Gasteiger partial charge on any atom is 0.278 e. The molecule has 1 heterocycles. The largest absolute Gasteiger partial charge is 0.320 e. The number of nitrogens with one attached hydrogen (secondary N) is 1. The lowest BCUT2D eigenvalue weighted by Gasteiger charge is -2.10. The second-order valence-corrected chi connectivity index (χ2v) is 6.50. The zero-order chi connectivity index (χ0) is 18.1. The van der Waals surface area contributed by atoms with Gasteiger partial charge in [0.1, 0.15) is 0 Å². The first-order valence-corrected chi connectivity index (χ1v) is 8.32. The number of amides is 1. The van der Waals surface area contributed by atoms with Gasteiger partial charge in [0.25, 0.3) is 5.91 Å². The third kappa shape index (κ3) is 3.28. The Bertz CT molecular complexity index is 962. The lowest BCUT2D eigenvalue weighted by Crippen LogP contribution is -2.15. The number of hydrogen-bond donors (Lipinski definition) is 1. The van der Waals surface area contributed by atoms with Gasteiger partial charge in [-0.25, -0.2) is 4.68 Å². The third-order valence-corrected chi connectivity index (χ3v) is 4.62. The van der Waals surface area contributed by atoms with Crippen molar-refractivity contribution >= 4 is 23.2 Å². The molecule has 0 aliphatic carbocycles. The van der Waals surface area contributed by atoms with Crippen LogP contribution in [0.3, 0.4) is 0 Å². The molecule has 0 bridgehead atoms. The smallest absolute Gasteiger partial charge is 0.278 e. The van der Waals surface area contributed by atoms with E-state index in [1.54, 1.807) is 16.8 Å². The summed E-state index contributed by atoms with van der Waals surface area (Å²) in [4.78, 5) is 12.6. The molecule has 2 aromatic carbocycles. The minimum absolute atomic E-state index is 0.291. The highest BCUT2D eigenvalue weighted by molar-refractivity contribution is 6.31. The van der Waals surface area contributed by atoms with Gasteiger partial charge >= 0.3 is 0 Å². The summed E-state index contributed by atoms with van der Waals surface area (Å²) in [7, 11) is 0. The van der Waals surface area contributed by atoms with Crippen LogP contribution < -0.4 is 5.32 Å². The van der Waals surface area contributed by atoms with Crippen molar-refractivity contribution in [2.24, 2.45) is 0 Å². The lowest BCUT2D eigenvalue weighted by molar-refractivity contribution is 0.102. The molecule has 3 rings (SSSR count). The first-order chi connectivity index (χ1) is 11.9. The van der Waals surface area contributed by atoms with Crippen LogP contribution >= 0.6 is 11.6 Å². The third-order valence-electron chi connectivity index (χ3n) is 4.21. The summed E-state index contributed by atoms with van der Waals surface area (Å²) < 4.78 is 1.69. The van der Waals surface area contributed by atoms with Gasteiger partial charge in [-0.3, -0.25) is 4.79 Å². The minimum atomic E-state index is -0.307. The van der Waals surface area contributed by atoms with E-state index in [4.69, 9.17) is 11.6 Å². The molecule has 3 aromatic rings. The van der Waals surface area contributed by atoms with Crippen molar-refractivity contribution in [3.8, 4) is 5.69 Å². The van der Waals surface area contributed by atoms with Crippen LogP contribution in [0.4, 0.5) is 5.69 Å².